The minimum atomic E-state index is -0.798. The first kappa shape index (κ1) is 25.3. The second-order valence-corrected chi connectivity index (χ2v) is 11.4. The molecule has 9 nitrogen and oxygen atoms in total. The van der Waals surface area contributed by atoms with E-state index in [1.807, 2.05) is 18.2 Å². The van der Waals surface area contributed by atoms with Crippen LogP contribution in [0.1, 0.15) is 29.2 Å². The molecule has 2 aliphatic heterocycles. The summed E-state index contributed by atoms with van der Waals surface area (Å²) in [5, 5.41) is 13.8. The van der Waals surface area contributed by atoms with Crippen molar-refractivity contribution in [1.82, 2.24) is 15.0 Å². The van der Waals surface area contributed by atoms with Gasteiger partial charge in [0.15, 0.2) is 15.4 Å². The number of anilines is 1. The number of aliphatic hydroxyl groups excluding tert-OH is 1. The molecule has 1 unspecified atom stereocenters. The molecule has 196 valence electrons. The van der Waals surface area contributed by atoms with Gasteiger partial charge in [-0.1, -0.05) is 29.8 Å². The predicted octanol–water partition coefficient (Wildman–Crippen LogP) is 4.18. The maximum Gasteiger partial charge on any atom is 0.296 e. The highest BCUT2D eigenvalue weighted by atomic mass is 127. The quantitative estimate of drug-likeness (QED) is 0.260. The Labute approximate surface area is 230 Å². The number of H-pyrrole nitrogens is 1. The van der Waals surface area contributed by atoms with Crippen molar-refractivity contribution in [1.29, 1.82) is 0 Å². The number of aliphatic hydroxyl groups is 1. The van der Waals surface area contributed by atoms with E-state index in [2.05, 4.69) is 42.9 Å². The first-order valence-electron chi connectivity index (χ1n) is 12.0. The molecule has 0 radical (unpaired) electrons. The second kappa shape index (κ2) is 9.93. The van der Waals surface area contributed by atoms with Crippen LogP contribution in [-0.4, -0.2) is 68.9 Å². The van der Waals surface area contributed by atoms with Crippen molar-refractivity contribution < 1.29 is 28.4 Å². The number of alkyl halides is 1. The van der Waals surface area contributed by atoms with Gasteiger partial charge in [-0.2, -0.15) is 4.98 Å². The number of rotatable bonds is 7. The fourth-order valence-corrected chi connectivity index (χ4v) is 6.47. The highest BCUT2D eigenvalue weighted by molar-refractivity contribution is 14.1. The van der Waals surface area contributed by atoms with Gasteiger partial charge in [-0.25, -0.2) is 9.37 Å². The summed E-state index contributed by atoms with van der Waals surface area (Å²) in [6.45, 7) is 0.927. The number of nitrogens with zero attached hydrogens (tertiary/aromatic N) is 2. The summed E-state index contributed by atoms with van der Waals surface area (Å²) >= 11 is 8.67. The van der Waals surface area contributed by atoms with E-state index in [-0.39, 0.29) is 31.1 Å². The van der Waals surface area contributed by atoms with Crippen molar-refractivity contribution in [2.45, 2.75) is 40.8 Å². The third-order valence-electron chi connectivity index (χ3n) is 6.91. The second-order valence-electron chi connectivity index (χ2n) is 9.34. The number of pyridine rings is 1. The van der Waals surface area contributed by atoms with Crippen LogP contribution in [0.2, 0.25) is 5.02 Å². The number of nitrogens with one attached hydrogen (secondary N) is 2. The van der Waals surface area contributed by atoms with E-state index in [1.165, 1.54) is 6.07 Å². The first-order chi connectivity index (χ1) is 17.9. The van der Waals surface area contributed by atoms with Crippen LogP contribution in [0.4, 0.5) is 10.2 Å². The number of benzene rings is 1. The van der Waals surface area contributed by atoms with Crippen LogP contribution in [0.5, 0.6) is 6.01 Å². The Bertz CT molecular complexity index is 1370. The number of hydrogen-bond acceptors (Lipinski definition) is 8. The fourth-order valence-electron chi connectivity index (χ4n) is 5.18. The minimum absolute atomic E-state index is 0.191. The molecule has 12 heteroatoms. The molecule has 1 aliphatic carbocycles. The van der Waals surface area contributed by atoms with E-state index < -0.39 is 21.9 Å². The van der Waals surface area contributed by atoms with Gasteiger partial charge in [0.25, 0.3) is 6.01 Å². The minimum Gasteiger partial charge on any atom is -0.455 e. The Morgan fingerprint density at radius 1 is 1.35 bits per heavy atom. The maximum absolute atomic E-state index is 15.1. The molecule has 0 amide bonds. The molecule has 0 spiro atoms. The van der Waals surface area contributed by atoms with Crippen molar-refractivity contribution in [3.8, 4) is 6.01 Å². The van der Waals surface area contributed by atoms with Crippen molar-refractivity contribution in [2.75, 3.05) is 32.2 Å². The molecule has 2 aromatic heterocycles. The molecule has 2 fully saturated rings. The summed E-state index contributed by atoms with van der Waals surface area (Å²) in [6.07, 6.45) is 3.56. The molecule has 0 bridgehead atoms. The van der Waals surface area contributed by atoms with E-state index in [0.717, 1.165) is 24.0 Å². The summed E-state index contributed by atoms with van der Waals surface area (Å²) in [6, 6.07) is 5.24. The van der Waals surface area contributed by atoms with Crippen LogP contribution in [0, 0.1) is 5.82 Å². The molecule has 6 rings (SSSR count). The number of fused-ring (bicyclic) bond motifs is 3. The van der Waals surface area contributed by atoms with Gasteiger partial charge in [0.2, 0.25) is 0 Å². The lowest BCUT2D eigenvalue weighted by Crippen LogP contribution is -2.44. The Kier molecular flexibility index (Phi) is 6.78. The van der Waals surface area contributed by atoms with Crippen LogP contribution < -0.4 is 10.1 Å². The number of hydrogen-bond donors (Lipinski definition) is 3. The van der Waals surface area contributed by atoms with Crippen LogP contribution in [0.15, 0.2) is 24.3 Å². The van der Waals surface area contributed by atoms with Crippen LogP contribution in [0.25, 0.3) is 17.2 Å². The molecular weight excluding hydrogens is 618 g/mol. The third-order valence-corrected chi connectivity index (χ3v) is 8.82. The van der Waals surface area contributed by atoms with Crippen molar-refractivity contribution >= 4 is 57.2 Å². The standard InChI is InChI=1S/C25H25ClFIN4O5/c1-34-6-2-3-12-7-13-4-5-16(20(13)15(27)8-12)29-22-14(26)9-17-23(31-22)32-24(30-17)37-19-11-35-21-18(33)10-36-25(19,21)28/h2-3,7-9,16,18-19,21,33H,4-6,10-11H2,1H3,(H2,29,30,31,32)/b3-2+/t16?,18-,19-,21-,25-/m1/s1. The Morgan fingerprint density at radius 3 is 3.05 bits per heavy atom. The first-order valence-corrected chi connectivity index (χ1v) is 13.4. The van der Waals surface area contributed by atoms with Gasteiger partial charge in [0.05, 0.1) is 36.4 Å². The monoisotopic (exact) mass is 642 g/mol. The van der Waals surface area contributed by atoms with Gasteiger partial charge in [-0.05, 0) is 58.7 Å². The largest absolute Gasteiger partial charge is 0.455 e. The number of aryl methyl sites for hydroxylation is 1. The molecule has 4 heterocycles. The molecule has 0 saturated carbocycles. The van der Waals surface area contributed by atoms with Gasteiger partial charge in [-0.3, -0.25) is 0 Å². The molecule has 5 atom stereocenters. The van der Waals surface area contributed by atoms with Crippen molar-refractivity contribution in [3.05, 3.63) is 51.8 Å². The Morgan fingerprint density at radius 2 is 2.22 bits per heavy atom. The Balaban J connectivity index is 1.21. The van der Waals surface area contributed by atoms with Gasteiger partial charge in [-0.15, -0.1) is 0 Å². The van der Waals surface area contributed by atoms with E-state index in [9.17, 15) is 5.11 Å². The molecule has 2 saturated heterocycles. The highest BCUT2D eigenvalue weighted by Gasteiger charge is 2.60. The summed E-state index contributed by atoms with van der Waals surface area (Å²) in [5.74, 6) is 0.159. The third kappa shape index (κ3) is 4.59. The molecule has 37 heavy (non-hydrogen) atoms. The average Bonchev–Trinajstić information content (AvgIpc) is 3.60. The number of ether oxygens (including phenoxy) is 4. The highest BCUT2D eigenvalue weighted by Crippen LogP contribution is 2.44. The van der Waals surface area contributed by atoms with Gasteiger partial charge in [0.1, 0.15) is 23.8 Å². The van der Waals surface area contributed by atoms with Crippen molar-refractivity contribution in [2.24, 2.45) is 0 Å². The van der Waals surface area contributed by atoms with Gasteiger partial charge in [0, 0.05) is 12.7 Å². The number of methoxy groups -OCH3 is 1. The molecule has 3 aromatic rings. The molecule has 3 aliphatic rings. The Hall–Kier alpha value is -2.03. The molecule has 3 N–H and O–H groups in total. The van der Waals surface area contributed by atoms with E-state index >= 15 is 4.39 Å². The summed E-state index contributed by atoms with van der Waals surface area (Å²) in [5.41, 5.74) is 3.41. The lowest BCUT2D eigenvalue weighted by atomic mass is 10.0. The lowest BCUT2D eigenvalue weighted by molar-refractivity contribution is 0.00481. The van der Waals surface area contributed by atoms with Crippen LogP contribution >= 0.6 is 34.2 Å². The fraction of sp³-hybridized carbons (Fsp3) is 0.440. The molecule has 1 aromatic carbocycles. The summed E-state index contributed by atoms with van der Waals surface area (Å²) in [7, 11) is 1.62. The molecular formula is C25H25ClFIN4O5. The van der Waals surface area contributed by atoms with E-state index in [0.29, 0.717) is 34.2 Å². The lowest BCUT2D eigenvalue weighted by Gasteiger charge is -2.25. The van der Waals surface area contributed by atoms with Crippen LogP contribution in [-0.2, 0) is 20.6 Å². The smallest absolute Gasteiger partial charge is 0.296 e. The zero-order valence-corrected chi connectivity index (χ0v) is 22.8. The van der Waals surface area contributed by atoms with Gasteiger partial charge >= 0.3 is 0 Å². The predicted molar refractivity (Wildman–Crippen MR) is 144 cm³/mol. The average molecular weight is 643 g/mol. The summed E-state index contributed by atoms with van der Waals surface area (Å²) < 4.78 is 36.8. The SMILES string of the molecule is COC/C=C/c1cc(F)c2c(c1)CCC2Nc1nc2nc(O[C@@H]3CO[C@@H]4[C@H](O)CO[C@@]43I)[nH]c2cc1Cl. The number of aromatic amines is 1. The zero-order valence-electron chi connectivity index (χ0n) is 19.8. The maximum atomic E-state index is 15.1. The number of halogens is 3. The van der Waals surface area contributed by atoms with Crippen molar-refractivity contribution in [3.63, 3.8) is 0 Å². The zero-order chi connectivity index (χ0) is 25.7. The summed E-state index contributed by atoms with van der Waals surface area (Å²) in [4.78, 5) is 12.1. The van der Waals surface area contributed by atoms with E-state index in [4.69, 9.17) is 30.5 Å². The number of imidazole rings is 1. The van der Waals surface area contributed by atoms with Crippen LogP contribution in [0.3, 0.4) is 0 Å². The van der Waals surface area contributed by atoms with E-state index in [1.54, 1.807) is 13.2 Å². The number of aromatic nitrogens is 3. The van der Waals surface area contributed by atoms with Gasteiger partial charge < -0.3 is 34.4 Å². The normalized spacial score (nSPS) is 28.8. The topological polar surface area (TPSA) is 111 Å².